The van der Waals surface area contributed by atoms with Gasteiger partial charge in [-0.05, 0) is 25.5 Å². The topological polar surface area (TPSA) is 9.23 Å². The second-order valence-corrected chi connectivity index (χ2v) is 2.04. The summed E-state index contributed by atoms with van der Waals surface area (Å²) in [5, 5.41) is 0. The van der Waals surface area contributed by atoms with E-state index in [0.717, 1.165) is 11.3 Å². The van der Waals surface area contributed by atoms with Gasteiger partial charge in [-0.3, -0.25) is 0 Å². The van der Waals surface area contributed by atoms with Gasteiger partial charge in [-0.2, -0.15) is 0 Å². The Morgan fingerprint density at radius 1 is 1.33 bits per heavy atom. The highest BCUT2D eigenvalue weighted by Gasteiger charge is 1.91. The third-order valence-corrected chi connectivity index (χ3v) is 1.08. The maximum absolute atomic E-state index is 5.02. The van der Waals surface area contributed by atoms with Crippen molar-refractivity contribution in [1.82, 2.24) is 0 Å². The van der Waals surface area contributed by atoms with Gasteiger partial charge in [0.1, 0.15) is 5.76 Å². The number of ether oxygens (including phenoxy) is 1. The minimum Gasteiger partial charge on any atom is -0.497 e. The Bertz CT molecular complexity index is 164. The van der Waals surface area contributed by atoms with Crippen LogP contribution in [0, 0.1) is 0 Å². The number of allylic oxidation sites excluding steroid dienone is 4. The summed E-state index contributed by atoms with van der Waals surface area (Å²) in [6.07, 6.45) is 5.76. The second kappa shape index (κ2) is 10.0. The summed E-state index contributed by atoms with van der Waals surface area (Å²) in [6, 6.07) is 0. The summed E-state index contributed by atoms with van der Waals surface area (Å²) in [7, 11) is 1.64. The molecule has 1 heteroatoms. The predicted octanol–water partition coefficient (Wildman–Crippen LogP) is 3.70. The molecule has 12 heavy (non-hydrogen) atoms. The normalized spacial score (nSPS) is 10.6. The Balaban J connectivity index is 0. The van der Waals surface area contributed by atoms with Crippen LogP contribution in [-0.4, -0.2) is 7.11 Å². The van der Waals surface area contributed by atoms with E-state index >= 15 is 0 Å². The van der Waals surface area contributed by atoms with Crippen molar-refractivity contribution in [2.75, 3.05) is 7.11 Å². The summed E-state index contributed by atoms with van der Waals surface area (Å²) in [5.74, 6) is 0.832. The van der Waals surface area contributed by atoms with E-state index < -0.39 is 0 Å². The van der Waals surface area contributed by atoms with Crippen LogP contribution in [0.3, 0.4) is 0 Å². The SMILES string of the molecule is C=C(C)/C(=C\C=C/C)OC.CC. The van der Waals surface area contributed by atoms with E-state index in [4.69, 9.17) is 4.74 Å². The first-order chi connectivity index (χ1) is 5.72. The highest BCUT2D eigenvalue weighted by molar-refractivity contribution is 5.24. The van der Waals surface area contributed by atoms with Crippen molar-refractivity contribution in [2.24, 2.45) is 0 Å². The Labute approximate surface area is 76.4 Å². The first-order valence-electron chi connectivity index (χ1n) is 4.25. The molecule has 1 nitrogen and oxygen atoms in total. The zero-order chi connectivity index (χ0) is 9.98. The average molecular weight is 168 g/mol. The molecular weight excluding hydrogens is 148 g/mol. The van der Waals surface area contributed by atoms with E-state index in [-0.39, 0.29) is 0 Å². The van der Waals surface area contributed by atoms with Gasteiger partial charge in [0.15, 0.2) is 0 Å². The summed E-state index contributed by atoms with van der Waals surface area (Å²) in [4.78, 5) is 0. The standard InChI is InChI=1S/C9H14O.C2H6/c1-5-6-7-9(10-4)8(2)3;1-2/h5-7H,2H2,1,3-4H3;1-2H3/b6-5-,9-7+;. The summed E-state index contributed by atoms with van der Waals surface area (Å²) in [6.45, 7) is 11.6. The van der Waals surface area contributed by atoms with Gasteiger partial charge in [0.2, 0.25) is 0 Å². The van der Waals surface area contributed by atoms with Gasteiger partial charge < -0.3 is 4.74 Å². The Morgan fingerprint density at radius 2 is 1.83 bits per heavy atom. The monoisotopic (exact) mass is 168 g/mol. The summed E-state index contributed by atoms with van der Waals surface area (Å²) in [5.41, 5.74) is 0.945. The van der Waals surface area contributed by atoms with Crippen molar-refractivity contribution in [3.63, 3.8) is 0 Å². The molecule has 70 valence electrons. The van der Waals surface area contributed by atoms with Gasteiger partial charge in [0, 0.05) is 0 Å². The molecule has 0 aromatic rings. The molecule has 0 aliphatic rings. The lowest BCUT2D eigenvalue weighted by Gasteiger charge is -2.01. The average Bonchev–Trinajstić information content (AvgIpc) is 2.09. The van der Waals surface area contributed by atoms with E-state index in [1.54, 1.807) is 7.11 Å². The van der Waals surface area contributed by atoms with Crippen LogP contribution < -0.4 is 0 Å². The zero-order valence-electron chi connectivity index (χ0n) is 8.85. The summed E-state index contributed by atoms with van der Waals surface area (Å²) < 4.78 is 5.02. The first-order valence-corrected chi connectivity index (χ1v) is 4.25. The molecule has 0 aromatic carbocycles. The van der Waals surface area contributed by atoms with E-state index in [0.29, 0.717) is 0 Å². The molecule has 0 unspecified atom stereocenters. The van der Waals surface area contributed by atoms with Crippen molar-refractivity contribution < 1.29 is 4.74 Å². The van der Waals surface area contributed by atoms with Crippen LogP contribution in [0.4, 0.5) is 0 Å². The second-order valence-electron chi connectivity index (χ2n) is 2.04. The largest absolute Gasteiger partial charge is 0.497 e. The molecular formula is C11H20O. The van der Waals surface area contributed by atoms with Crippen LogP contribution in [0.15, 0.2) is 36.1 Å². The molecule has 0 amide bonds. The molecule has 0 atom stereocenters. The molecule has 0 fully saturated rings. The van der Waals surface area contributed by atoms with E-state index in [1.807, 2.05) is 45.9 Å². The maximum Gasteiger partial charge on any atom is 0.121 e. The van der Waals surface area contributed by atoms with E-state index in [2.05, 4.69) is 6.58 Å². The van der Waals surface area contributed by atoms with Crippen LogP contribution in [0.5, 0.6) is 0 Å². The molecule has 0 rings (SSSR count). The quantitative estimate of drug-likeness (QED) is 0.461. The van der Waals surface area contributed by atoms with Gasteiger partial charge in [-0.1, -0.05) is 32.6 Å². The molecule has 0 spiro atoms. The molecule has 0 aliphatic heterocycles. The molecule has 0 bridgehead atoms. The van der Waals surface area contributed by atoms with Crippen LogP contribution in [0.1, 0.15) is 27.7 Å². The lowest BCUT2D eigenvalue weighted by molar-refractivity contribution is 0.301. The molecule has 0 saturated heterocycles. The van der Waals surface area contributed by atoms with Crippen LogP contribution >= 0.6 is 0 Å². The molecule has 0 aliphatic carbocycles. The number of hydrogen-bond donors (Lipinski definition) is 0. The Hall–Kier alpha value is -0.980. The van der Waals surface area contributed by atoms with Gasteiger partial charge in [0.05, 0.1) is 7.11 Å². The fourth-order valence-corrected chi connectivity index (χ4v) is 0.568. The number of methoxy groups -OCH3 is 1. The zero-order valence-corrected chi connectivity index (χ0v) is 8.85. The molecule has 0 N–H and O–H groups in total. The minimum absolute atomic E-state index is 0.832. The highest BCUT2D eigenvalue weighted by Crippen LogP contribution is 2.06. The molecule has 0 aromatic heterocycles. The van der Waals surface area contributed by atoms with Gasteiger partial charge in [-0.25, -0.2) is 0 Å². The fraction of sp³-hybridized carbons (Fsp3) is 0.455. The van der Waals surface area contributed by atoms with Crippen molar-refractivity contribution >= 4 is 0 Å². The Morgan fingerprint density at radius 3 is 2.08 bits per heavy atom. The minimum atomic E-state index is 0.832. The van der Waals surface area contributed by atoms with Crippen molar-refractivity contribution in [1.29, 1.82) is 0 Å². The van der Waals surface area contributed by atoms with Crippen LogP contribution in [-0.2, 0) is 4.74 Å². The van der Waals surface area contributed by atoms with Crippen LogP contribution in [0.25, 0.3) is 0 Å². The Kier molecular flexibility index (Phi) is 11.4. The molecule has 0 saturated carbocycles. The highest BCUT2D eigenvalue weighted by atomic mass is 16.5. The lowest BCUT2D eigenvalue weighted by Crippen LogP contribution is -1.85. The number of hydrogen-bond acceptors (Lipinski definition) is 1. The smallest absolute Gasteiger partial charge is 0.121 e. The van der Waals surface area contributed by atoms with Crippen molar-refractivity contribution in [3.05, 3.63) is 36.1 Å². The molecule has 0 radical (unpaired) electrons. The first kappa shape index (κ1) is 13.6. The maximum atomic E-state index is 5.02. The van der Waals surface area contributed by atoms with Gasteiger partial charge in [-0.15, -0.1) is 0 Å². The van der Waals surface area contributed by atoms with Crippen molar-refractivity contribution in [3.8, 4) is 0 Å². The lowest BCUT2D eigenvalue weighted by atomic mass is 10.2. The van der Waals surface area contributed by atoms with Gasteiger partial charge in [0.25, 0.3) is 0 Å². The number of rotatable bonds is 3. The van der Waals surface area contributed by atoms with E-state index in [9.17, 15) is 0 Å². The fourth-order valence-electron chi connectivity index (χ4n) is 0.568. The van der Waals surface area contributed by atoms with Gasteiger partial charge >= 0.3 is 0 Å². The van der Waals surface area contributed by atoms with E-state index in [1.165, 1.54) is 0 Å². The molecule has 0 heterocycles. The predicted molar refractivity (Wildman–Crippen MR) is 56.1 cm³/mol. The van der Waals surface area contributed by atoms with Crippen molar-refractivity contribution in [2.45, 2.75) is 27.7 Å². The third kappa shape index (κ3) is 7.13. The third-order valence-electron chi connectivity index (χ3n) is 1.08. The van der Waals surface area contributed by atoms with Crippen LogP contribution in [0.2, 0.25) is 0 Å². The summed E-state index contributed by atoms with van der Waals surface area (Å²) >= 11 is 0.